The highest BCUT2D eigenvalue weighted by atomic mass is 16.1. The summed E-state index contributed by atoms with van der Waals surface area (Å²) in [6.45, 7) is 0. The fraction of sp³-hybridized carbons (Fsp3) is 0.233. The van der Waals surface area contributed by atoms with Crippen LogP contribution in [0.3, 0.4) is 0 Å². The molecule has 3 N–H and O–H groups in total. The molecule has 0 unspecified atom stereocenters. The van der Waals surface area contributed by atoms with Gasteiger partial charge < -0.3 is 10.3 Å². The van der Waals surface area contributed by atoms with Crippen molar-refractivity contribution in [1.29, 1.82) is 0 Å². The first kappa shape index (κ1) is 24.1. The van der Waals surface area contributed by atoms with E-state index in [4.69, 9.17) is 9.97 Å². The van der Waals surface area contributed by atoms with Crippen LogP contribution in [-0.2, 0) is 4.79 Å². The summed E-state index contributed by atoms with van der Waals surface area (Å²) >= 11 is 0. The number of fused-ring (bicyclic) bond motifs is 2. The van der Waals surface area contributed by atoms with E-state index in [1.54, 1.807) is 31.0 Å². The van der Waals surface area contributed by atoms with Gasteiger partial charge in [-0.2, -0.15) is 5.10 Å². The molecule has 6 aromatic rings. The van der Waals surface area contributed by atoms with Crippen molar-refractivity contribution in [2.24, 2.45) is 5.92 Å². The standard InChI is InChI=1S/C30H27N9O/c40-25(14-18-4-2-1-3-5-18)34-21-15-20(16-32-17-21)22-6-7-24-28(35-22)29(39-38-24)30-36-23-10-13-33-26(27(23)37-30)19-8-11-31-12-9-19/h6-13,15-18H,1-5,14H2,(H,34,40)(H,36,37)(H,38,39). The number of aromatic nitrogens is 8. The van der Waals surface area contributed by atoms with Gasteiger partial charge in [-0.3, -0.25) is 24.8 Å². The first-order chi connectivity index (χ1) is 19.7. The summed E-state index contributed by atoms with van der Waals surface area (Å²) < 4.78 is 0. The largest absolute Gasteiger partial charge is 0.336 e. The van der Waals surface area contributed by atoms with Gasteiger partial charge >= 0.3 is 0 Å². The van der Waals surface area contributed by atoms with Crippen LogP contribution in [0, 0.1) is 5.92 Å². The monoisotopic (exact) mass is 529 g/mol. The molecular weight excluding hydrogens is 502 g/mol. The number of imidazole rings is 1. The average Bonchev–Trinajstić information content (AvgIpc) is 3.62. The minimum Gasteiger partial charge on any atom is -0.336 e. The molecule has 1 saturated carbocycles. The smallest absolute Gasteiger partial charge is 0.224 e. The Hall–Kier alpha value is -4.99. The number of amides is 1. The molecule has 0 radical (unpaired) electrons. The SMILES string of the molecule is O=C(CC1CCCCC1)Nc1cncc(-c2ccc3[nH]nc(-c4nc5c(-c6ccncc6)nccc5[nH]4)c3n2)c1. The lowest BCUT2D eigenvalue weighted by molar-refractivity contribution is -0.117. The van der Waals surface area contributed by atoms with Crippen LogP contribution < -0.4 is 5.32 Å². The lowest BCUT2D eigenvalue weighted by Gasteiger charge is -2.20. The van der Waals surface area contributed by atoms with Crippen LogP contribution in [0.1, 0.15) is 38.5 Å². The summed E-state index contributed by atoms with van der Waals surface area (Å²) in [5.74, 6) is 1.11. The Morgan fingerprint density at radius 3 is 2.58 bits per heavy atom. The van der Waals surface area contributed by atoms with E-state index in [9.17, 15) is 4.79 Å². The molecule has 7 rings (SSSR count). The van der Waals surface area contributed by atoms with Crippen molar-refractivity contribution in [2.45, 2.75) is 38.5 Å². The molecule has 0 aromatic carbocycles. The zero-order chi connectivity index (χ0) is 26.9. The molecule has 6 heterocycles. The van der Waals surface area contributed by atoms with Gasteiger partial charge in [0.15, 0.2) is 11.5 Å². The highest BCUT2D eigenvalue weighted by molar-refractivity contribution is 5.95. The third-order valence-electron chi connectivity index (χ3n) is 7.50. The summed E-state index contributed by atoms with van der Waals surface area (Å²) in [7, 11) is 0. The molecule has 198 valence electrons. The van der Waals surface area contributed by atoms with Crippen LogP contribution in [0.15, 0.2) is 67.4 Å². The summed E-state index contributed by atoms with van der Waals surface area (Å²) in [5.41, 5.74) is 7.58. The van der Waals surface area contributed by atoms with Crippen molar-refractivity contribution in [3.63, 3.8) is 0 Å². The van der Waals surface area contributed by atoms with E-state index >= 15 is 0 Å². The number of nitrogens with zero attached hydrogens (tertiary/aromatic N) is 6. The molecule has 0 bridgehead atoms. The van der Waals surface area contributed by atoms with Crippen molar-refractivity contribution in [3.05, 3.63) is 67.4 Å². The van der Waals surface area contributed by atoms with Gasteiger partial charge in [0.05, 0.1) is 34.3 Å². The number of H-pyrrole nitrogens is 2. The van der Waals surface area contributed by atoms with Gasteiger partial charge in [0, 0.05) is 42.3 Å². The van der Waals surface area contributed by atoms with Gasteiger partial charge in [-0.05, 0) is 55.2 Å². The maximum absolute atomic E-state index is 12.7. The molecule has 0 aliphatic heterocycles. The molecule has 1 aliphatic rings. The Morgan fingerprint density at radius 2 is 1.70 bits per heavy atom. The molecule has 10 heteroatoms. The lowest BCUT2D eigenvalue weighted by atomic mass is 9.87. The molecule has 6 aromatic heterocycles. The maximum Gasteiger partial charge on any atom is 0.224 e. The fourth-order valence-corrected chi connectivity index (χ4v) is 5.51. The molecular formula is C30H27N9O. The number of pyridine rings is 4. The number of nitrogens with one attached hydrogen (secondary N) is 3. The van der Waals surface area contributed by atoms with Crippen molar-refractivity contribution < 1.29 is 4.79 Å². The van der Waals surface area contributed by atoms with E-state index in [2.05, 4.69) is 35.5 Å². The zero-order valence-corrected chi connectivity index (χ0v) is 21.8. The van der Waals surface area contributed by atoms with Gasteiger partial charge in [-0.1, -0.05) is 19.3 Å². The van der Waals surface area contributed by atoms with Crippen LogP contribution in [0.4, 0.5) is 5.69 Å². The van der Waals surface area contributed by atoms with Crippen LogP contribution >= 0.6 is 0 Å². The summed E-state index contributed by atoms with van der Waals surface area (Å²) in [4.78, 5) is 38.9. The Morgan fingerprint density at radius 1 is 0.850 bits per heavy atom. The average molecular weight is 530 g/mol. The van der Waals surface area contributed by atoms with Crippen LogP contribution in [0.25, 0.3) is 56.1 Å². The number of carbonyl (C=O) groups is 1. The van der Waals surface area contributed by atoms with E-state index in [0.717, 1.165) is 51.9 Å². The van der Waals surface area contributed by atoms with Crippen molar-refractivity contribution >= 4 is 33.7 Å². The Bertz CT molecular complexity index is 1820. The quantitative estimate of drug-likeness (QED) is 0.243. The van der Waals surface area contributed by atoms with Gasteiger partial charge in [0.2, 0.25) is 5.91 Å². The molecule has 1 amide bonds. The van der Waals surface area contributed by atoms with E-state index in [1.165, 1.54) is 19.3 Å². The van der Waals surface area contributed by atoms with Gasteiger partial charge in [-0.15, -0.1) is 0 Å². The maximum atomic E-state index is 12.7. The minimum atomic E-state index is 0.0388. The number of rotatable bonds is 6. The Balaban J connectivity index is 1.19. The van der Waals surface area contributed by atoms with Crippen molar-refractivity contribution in [2.75, 3.05) is 5.32 Å². The minimum absolute atomic E-state index is 0.0388. The first-order valence-corrected chi connectivity index (χ1v) is 13.6. The molecule has 40 heavy (non-hydrogen) atoms. The number of aromatic amines is 2. The number of hydrogen-bond acceptors (Lipinski definition) is 7. The summed E-state index contributed by atoms with van der Waals surface area (Å²) in [6, 6.07) is 11.5. The first-order valence-electron chi connectivity index (χ1n) is 13.6. The molecule has 0 atom stereocenters. The van der Waals surface area contributed by atoms with E-state index in [-0.39, 0.29) is 5.91 Å². The summed E-state index contributed by atoms with van der Waals surface area (Å²) in [5, 5.41) is 10.6. The Labute approximate surface area is 229 Å². The van der Waals surface area contributed by atoms with Crippen LogP contribution in [0.2, 0.25) is 0 Å². The van der Waals surface area contributed by atoms with Crippen molar-refractivity contribution in [1.82, 2.24) is 40.1 Å². The molecule has 1 fully saturated rings. The predicted octanol–water partition coefficient (Wildman–Crippen LogP) is 5.93. The third-order valence-corrected chi connectivity index (χ3v) is 7.50. The third kappa shape index (κ3) is 4.68. The number of carbonyl (C=O) groups excluding carboxylic acids is 1. The van der Waals surface area contributed by atoms with Gasteiger partial charge in [0.1, 0.15) is 11.0 Å². The Kier molecular flexibility index (Phi) is 6.19. The van der Waals surface area contributed by atoms with E-state index in [0.29, 0.717) is 35.1 Å². The van der Waals surface area contributed by atoms with Crippen molar-refractivity contribution in [3.8, 4) is 34.0 Å². The van der Waals surface area contributed by atoms with Gasteiger partial charge in [0.25, 0.3) is 0 Å². The summed E-state index contributed by atoms with van der Waals surface area (Å²) in [6.07, 6.45) is 15.2. The predicted molar refractivity (Wildman–Crippen MR) is 153 cm³/mol. The normalized spacial score (nSPS) is 14.1. The van der Waals surface area contributed by atoms with Gasteiger partial charge in [-0.25, -0.2) is 9.97 Å². The van der Waals surface area contributed by atoms with E-state index in [1.807, 2.05) is 36.4 Å². The van der Waals surface area contributed by atoms with Crippen LogP contribution in [-0.4, -0.2) is 46.0 Å². The lowest BCUT2D eigenvalue weighted by Crippen LogP contribution is -2.18. The molecule has 0 spiro atoms. The van der Waals surface area contributed by atoms with E-state index < -0.39 is 0 Å². The fourth-order valence-electron chi connectivity index (χ4n) is 5.51. The molecule has 0 saturated heterocycles. The second kappa shape index (κ2) is 10.3. The highest BCUT2D eigenvalue weighted by Gasteiger charge is 2.19. The van der Waals surface area contributed by atoms with Crippen LogP contribution in [0.5, 0.6) is 0 Å². The number of hydrogen-bond donors (Lipinski definition) is 3. The number of anilines is 1. The highest BCUT2D eigenvalue weighted by Crippen LogP contribution is 2.31. The molecule has 10 nitrogen and oxygen atoms in total. The second-order valence-electron chi connectivity index (χ2n) is 10.3. The zero-order valence-electron chi connectivity index (χ0n) is 21.8. The second-order valence-corrected chi connectivity index (χ2v) is 10.3. The molecule has 1 aliphatic carbocycles. The topological polar surface area (TPSA) is 138 Å².